The molecule has 1 saturated heterocycles. The third kappa shape index (κ3) is 6.38. The van der Waals surface area contributed by atoms with E-state index in [2.05, 4.69) is 6.08 Å². The van der Waals surface area contributed by atoms with Gasteiger partial charge in [0.1, 0.15) is 24.9 Å². The van der Waals surface area contributed by atoms with E-state index < -0.39 is 12.2 Å². The molecule has 0 aliphatic carbocycles. The third-order valence-corrected chi connectivity index (χ3v) is 4.56. The molecule has 2 aliphatic heterocycles. The second-order valence-corrected chi connectivity index (χ2v) is 6.61. The molecular formula is C19H30O5. The van der Waals surface area contributed by atoms with Crippen LogP contribution in [0.5, 0.6) is 0 Å². The molecular weight excluding hydrogens is 308 g/mol. The first-order valence-corrected chi connectivity index (χ1v) is 9.22. The first kappa shape index (κ1) is 19.2. The van der Waals surface area contributed by atoms with Crippen LogP contribution in [0.3, 0.4) is 0 Å². The molecule has 0 amide bonds. The highest BCUT2D eigenvalue weighted by Crippen LogP contribution is 2.22. The number of allylic oxidation sites excluding steroid dienone is 1. The Kier molecular flexibility index (Phi) is 8.50. The van der Waals surface area contributed by atoms with Gasteiger partial charge in [0.2, 0.25) is 0 Å². The van der Waals surface area contributed by atoms with E-state index in [9.17, 15) is 9.90 Å². The molecule has 1 N–H and O–H groups in total. The largest absolute Gasteiger partial charge is 0.456 e. The summed E-state index contributed by atoms with van der Waals surface area (Å²) >= 11 is 0. The van der Waals surface area contributed by atoms with Crippen molar-refractivity contribution in [2.24, 2.45) is 0 Å². The molecule has 1 fully saturated rings. The van der Waals surface area contributed by atoms with E-state index in [4.69, 9.17) is 14.5 Å². The van der Waals surface area contributed by atoms with Crippen LogP contribution in [-0.4, -0.2) is 36.0 Å². The Bertz CT molecular complexity index is 443. The summed E-state index contributed by atoms with van der Waals surface area (Å²) in [5.41, 5.74) is 0.436. The Morgan fingerprint density at radius 2 is 1.88 bits per heavy atom. The second-order valence-electron chi connectivity index (χ2n) is 6.61. The molecule has 0 radical (unpaired) electrons. The predicted molar refractivity (Wildman–Crippen MR) is 91.2 cm³/mol. The number of hydrogen-bond donors (Lipinski definition) is 1. The van der Waals surface area contributed by atoms with Crippen molar-refractivity contribution in [1.29, 1.82) is 0 Å². The highest BCUT2D eigenvalue weighted by atomic mass is 17.2. The number of aliphatic hydroxyl groups excluding tert-OH is 1. The van der Waals surface area contributed by atoms with Crippen LogP contribution < -0.4 is 0 Å². The lowest BCUT2D eigenvalue weighted by Gasteiger charge is -2.15. The van der Waals surface area contributed by atoms with E-state index in [1.54, 1.807) is 6.92 Å². The molecule has 2 heterocycles. The van der Waals surface area contributed by atoms with Crippen LogP contribution in [0.1, 0.15) is 64.7 Å². The summed E-state index contributed by atoms with van der Waals surface area (Å²) < 4.78 is 4.98. The topological polar surface area (TPSA) is 65.0 Å². The lowest BCUT2D eigenvalue weighted by atomic mass is 10.0. The van der Waals surface area contributed by atoms with Crippen LogP contribution in [-0.2, 0) is 19.3 Å². The molecule has 2 rings (SSSR count). The van der Waals surface area contributed by atoms with Crippen LogP contribution in [0.4, 0.5) is 0 Å². The lowest BCUT2D eigenvalue weighted by molar-refractivity contribution is -0.313. The van der Waals surface area contributed by atoms with Crippen molar-refractivity contribution in [1.82, 2.24) is 0 Å². The minimum atomic E-state index is -0.758. The van der Waals surface area contributed by atoms with Crippen molar-refractivity contribution >= 4 is 5.97 Å². The molecule has 24 heavy (non-hydrogen) atoms. The first-order valence-electron chi connectivity index (χ1n) is 9.22. The van der Waals surface area contributed by atoms with Crippen LogP contribution in [0.2, 0.25) is 0 Å². The van der Waals surface area contributed by atoms with Gasteiger partial charge in [0.15, 0.2) is 0 Å². The molecule has 5 heteroatoms. The van der Waals surface area contributed by atoms with Crippen molar-refractivity contribution < 1.29 is 24.4 Å². The third-order valence-electron chi connectivity index (χ3n) is 4.56. The molecule has 0 aromatic heterocycles. The van der Waals surface area contributed by atoms with Crippen molar-refractivity contribution in [3.8, 4) is 0 Å². The van der Waals surface area contributed by atoms with Gasteiger partial charge < -0.3 is 9.84 Å². The molecule has 0 aromatic rings. The standard InChI is InChI=1S/C19H30O5/c1-15-18(20)17(19(21)23-15)13-9-7-5-3-2-4-6-8-11-16-12-10-14-22-24-16/h10,12-13,15-16,18,20H,2-9,11,14H2,1H3/b17-13-/t15-,16+,18-/m1/s1. The predicted octanol–water partition coefficient (Wildman–Crippen LogP) is 3.62. The Morgan fingerprint density at radius 1 is 1.17 bits per heavy atom. The number of ether oxygens (including phenoxy) is 1. The quantitative estimate of drug-likeness (QED) is 0.217. The highest BCUT2D eigenvalue weighted by molar-refractivity contribution is 5.92. The number of carbonyl (C=O) groups is 1. The first-order chi connectivity index (χ1) is 11.7. The SMILES string of the molecule is C[C@H]1OC(=O)/C(=C\CCCCCCCCC[C@H]2C=CCOO2)[C@@H]1O. The molecule has 3 atom stereocenters. The van der Waals surface area contributed by atoms with Gasteiger partial charge in [-0.15, -0.1) is 0 Å². The van der Waals surface area contributed by atoms with Crippen LogP contribution in [0, 0.1) is 0 Å². The number of cyclic esters (lactones) is 1. The molecule has 0 saturated carbocycles. The monoisotopic (exact) mass is 338 g/mol. The van der Waals surface area contributed by atoms with Gasteiger partial charge >= 0.3 is 5.97 Å². The van der Waals surface area contributed by atoms with Gasteiger partial charge in [-0.25, -0.2) is 14.6 Å². The maximum absolute atomic E-state index is 11.5. The maximum atomic E-state index is 11.5. The Morgan fingerprint density at radius 3 is 2.50 bits per heavy atom. The molecule has 5 nitrogen and oxygen atoms in total. The number of carbonyl (C=O) groups excluding carboxylic acids is 1. The van der Waals surface area contributed by atoms with E-state index in [1.165, 1.54) is 32.1 Å². The van der Waals surface area contributed by atoms with Gasteiger partial charge in [-0.2, -0.15) is 0 Å². The van der Waals surface area contributed by atoms with Crippen LogP contribution in [0.25, 0.3) is 0 Å². The van der Waals surface area contributed by atoms with Gasteiger partial charge in [0.05, 0.1) is 5.57 Å². The zero-order valence-electron chi connectivity index (χ0n) is 14.6. The van der Waals surface area contributed by atoms with Gasteiger partial charge in [0.25, 0.3) is 0 Å². The highest BCUT2D eigenvalue weighted by Gasteiger charge is 2.34. The van der Waals surface area contributed by atoms with E-state index in [0.717, 1.165) is 25.7 Å². The number of unbranched alkanes of at least 4 members (excludes halogenated alkanes) is 7. The van der Waals surface area contributed by atoms with Gasteiger partial charge in [-0.3, -0.25) is 0 Å². The van der Waals surface area contributed by atoms with Crippen molar-refractivity contribution in [3.05, 3.63) is 23.8 Å². The normalized spacial score (nSPS) is 28.5. The van der Waals surface area contributed by atoms with E-state index in [-0.39, 0.29) is 12.1 Å². The molecule has 0 spiro atoms. The van der Waals surface area contributed by atoms with Crippen LogP contribution >= 0.6 is 0 Å². The van der Waals surface area contributed by atoms with Gasteiger partial charge in [-0.05, 0) is 26.2 Å². The van der Waals surface area contributed by atoms with Gasteiger partial charge in [0, 0.05) is 0 Å². The Labute approximate surface area is 144 Å². The number of rotatable bonds is 10. The summed E-state index contributed by atoms with van der Waals surface area (Å²) in [6, 6.07) is 0. The van der Waals surface area contributed by atoms with Crippen molar-refractivity contribution in [2.75, 3.05) is 6.61 Å². The summed E-state index contributed by atoms with van der Waals surface area (Å²) in [4.78, 5) is 21.6. The van der Waals surface area contributed by atoms with E-state index >= 15 is 0 Å². The lowest BCUT2D eigenvalue weighted by Crippen LogP contribution is -2.17. The molecule has 136 valence electrons. The second kappa shape index (κ2) is 10.6. The van der Waals surface area contributed by atoms with Gasteiger partial charge in [-0.1, -0.05) is 56.8 Å². The van der Waals surface area contributed by atoms with E-state index in [0.29, 0.717) is 12.2 Å². The minimum Gasteiger partial charge on any atom is -0.456 e. The Balaban J connectivity index is 1.42. The Hall–Kier alpha value is -1.17. The minimum absolute atomic E-state index is 0.132. The summed E-state index contributed by atoms with van der Waals surface area (Å²) in [7, 11) is 0. The number of hydrogen-bond acceptors (Lipinski definition) is 5. The summed E-state index contributed by atoms with van der Waals surface area (Å²) in [5, 5.41) is 9.81. The fourth-order valence-corrected chi connectivity index (χ4v) is 3.06. The molecule has 2 aliphatic rings. The van der Waals surface area contributed by atoms with Crippen molar-refractivity contribution in [3.63, 3.8) is 0 Å². The smallest absolute Gasteiger partial charge is 0.336 e. The molecule has 0 bridgehead atoms. The average molecular weight is 338 g/mol. The number of esters is 1. The van der Waals surface area contributed by atoms with E-state index in [1.807, 2.05) is 12.2 Å². The van der Waals surface area contributed by atoms with Crippen molar-refractivity contribution in [2.45, 2.75) is 83.0 Å². The summed E-state index contributed by atoms with van der Waals surface area (Å²) in [5.74, 6) is -0.364. The fourth-order valence-electron chi connectivity index (χ4n) is 3.06. The number of aliphatic hydroxyl groups is 1. The molecule has 0 aromatic carbocycles. The summed E-state index contributed by atoms with van der Waals surface area (Å²) in [6.07, 6.45) is 15.1. The maximum Gasteiger partial charge on any atom is 0.336 e. The fraction of sp³-hybridized carbons (Fsp3) is 0.737. The molecule has 0 unspecified atom stereocenters. The average Bonchev–Trinajstić information content (AvgIpc) is 2.83. The summed E-state index contributed by atoms with van der Waals surface area (Å²) in [6.45, 7) is 2.28. The zero-order chi connectivity index (χ0) is 17.2. The van der Waals surface area contributed by atoms with Crippen LogP contribution in [0.15, 0.2) is 23.8 Å². The zero-order valence-corrected chi connectivity index (χ0v) is 14.6.